The van der Waals surface area contributed by atoms with Crippen molar-refractivity contribution in [3.05, 3.63) is 86.2 Å². The molecule has 0 saturated heterocycles. The number of ketones is 1. The number of carbonyl (C=O) groups is 1. The molecule has 0 saturated carbocycles. The Morgan fingerprint density at radius 1 is 1.11 bits per heavy atom. The van der Waals surface area contributed by atoms with E-state index in [9.17, 15) is 9.59 Å². The molecule has 2 heterocycles. The molecule has 6 heteroatoms. The molecule has 2 aromatic heterocycles. The van der Waals surface area contributed by atoms with Crippen LogP contribution in [0, 0.1) is 6.92 Å². The van der Waals surface area contributed by atoms with Crippen LogP contribution in [-0.4, -0.2) is 15.3 Å². The van der Waals surface area contributed by atoms with E-state index in [1.54, 1.807) is 12.1 Å². The maximum atomic E-state index is 13.1. The first-order chi connectivity index (χ1) is 13.0. The van der Waals surface area contributed by atoms with Crippen molar-refractivity contribution >= 4 is 43.3 Å². The topological polar surface area (TPSA) is 52.0 Å². The minimum Gasteiger partial charge on any atom is -0.292 e. The Labute approximate surface area is 168 Å². The van der Waals surface area contributed by atoms with Crippen LogP contribution in [-0.2, 0) is 6.54 Å². The van der Waals surface area contributed by atoms with Crippen LogP contribution in [0.4, 0.5) is 0 Å². The van der Waals surface area contributed by atoms with Gasteiger partial charge < -0.3 is 0 Å². The van der Waals surface area contributed by atoms with E-state index in [1.165, 1.54) is 22.2 Å². The van der Waals surface area contributed by atoms with Crippen LogP contribution < -0.4 is 5.56 Å². The molecule has 0 fully saturated rings. The first-order valence-electron chi connectivity index (χ1n) is 8.37. The Bertz CT molecular complexity index is 1190. The Morgan fingerprint density at radius 2 is 1.81 bits per heavy atom. The Hall–Kier alpha value is -2.57. The summed E-state index contributed by atoms with van der Waals surface area (Å²) in [6, 6.07) is 16.8. The largest absolute Gasteiger partial charge is 0.292 e. The molecule has 4 rings (SSSR count). The number of Topliss-reactive ketones (excluding diaryl/α,β-unsaturated/α-hetero) is 1. The van der Waals surface area contributed by atoms with Gasteiger partial charge in [0, 0.05) is 20.5 Å². The first-order valence-corrected chi connectivity index (χ1v) is 9.98. The van der Waals surface area contributed by atoms with Crippen LogP contribution >= 0.6 is 27.3 Å². The highest BCUT2D eigenvalue weighted by Crippen LogP contribution is 2.35. The zero-order valence-corrected chi connectivity index (χ0v) is 16.9. The minimum atomic E-state index is -0.188. The number of fused-ring (bicyclic) bond motifs is 1. The van der Waals surface area contributed by atoms with Crippen molar-refractivity contribution in [2.75, 3.05) is 0 Å². The van der Waals surface area contributed by atoms with E-state index in [2.05, 4.69) is 20.9 Å². The number of aryl methyl sites for hydroxylation is 1. The van der Waals surface area contributed by atoms with Gasteiger partial charge in [0.25, 0.3) is 5.56 Å². The van der Waals surface area contributed by atoms with Gasteiger partial charge in [0.15, 0.2) is 5.78 Å². The second-order valence-corrected chi connectivity index (χ2v) is 8.31. The Morgan fingerprint density at radius 3 is 2.52 bits per heavy atom. The third-order valence-corrected chi connectivity index (χ3v) is 5.94. The highest BCUT2D eigenvalue weighted by Gasteiger charge is 2.18. The fourth-order valence-electron chi connectivity index (χ4n) is 3.08. The number of thiophene rings is 1. The molecule has 134 valence electrons. The van der Waals surface area contributed by atoms with E-state index >= 15 is 0 Å². The van der Waals surface area contributed by atoms with Gasteiger partial charge in [-0.15, -0.1) is 11.3 Å². The lowest BCUT2D eigenvalue weighted by Gasteiger charge is -2.06. The smallest absolute Gasteiger partial charge is 0.263 e. The highest BCUT2D eigenvalue weighted by atomic mass is 79.9. The number of halogens is 1. The molecular formula is C21H15BrN2O2S. The average Bonchev–Trinajstić information content (AvgIpc) is 3.02. The van der Waals surface area contributed by atoms with Crippen molar-refractivity contribution in [1.29, 1.82) is 0 Å². The van der Waals surface area contributed by atoms with Crippen LogP contribution in [0.2, 0.25) is 0 Å². The lowest BCUT2D eigenvalue weighted by Crippen LogP contribution is -2.24. The summed E-state index contributed by atoms with van der Waals surface area (Å²) in [5.41, 5.74) is 2.25. The van der Waals surface area contributed by atoms with Crippen LogP contribution in [0.3, 0.4) is 0 Å². The number of rotatable bonds is 4. The van der Waals surface area contributed by atoms with Crippen molar-refractivity contribution < 1.29 is 4.79 Å². The molecule has 0 aliphatic heterocycles. The number of nitrogens with zero attached hydrogens (tertiary/aromatic N) is 2. The van der Waals surface area contributed by atoms with Gasteiger partial charge in [-0.05, 0) is 24.6 Å². The van der Waals surface area contributed by atoms with Gasteiger partial charge in [0.05, 0.1) is 18.3 Å². The number of carbonyl (C=O) groups excluding carboxylic acids is 1. The number of hydrogen-bond donors (Lipinski definition) is 0. The maximum Gasteiger partial charge on any atom is 0.263 e. The van der Waals surface area contributed by atoms with Crippen LogP contribution in [0.25, 0.3) is 21.3 Å². The monoisotopic (exact) mass is 438 g/mol. The molecule has 2 aromatic carbocycles. The summed E-state index contributed by atoms with van der Waals surface area (Å²) >= 11 is 4.93. The Balaban J connectivity index is 1.82. The third kappa shape index (κ3) is 3.38. The van der Waals surface area contributed by atoms with Gasteiger partial charge in [-0.1, -0.05) is 58.4 Å². The van der Waals surface area contributed by atoms with Gasteiger partial charge in [0.1, 0.15) is 4.83 Å². The van der Waals surface area contributed by atoms with Gasteiger partial charge in [-0.2, -0.15) is 0 Å². The van der Waals surface area contributed by atoms with E-state index in [1.807, 2.05) is 49.4 Å². The van der Waals surface area contributed by atoms with E-state index in [-0.39, 0.29) is 17.9 Å². The molecule has 0 radical (unpaired) electrons. The van der Waals surface area contributed by atoms with Crippen LogP contribution in [0.15, 0.2) is 70.2 Å². The molecule has 4 nitrogen and oxygen atoms in total. The predicted molar refractivity (Wildman–Crippen MR) is 113 cm³/mol. The average molecular weight is 439 g/mol. The number of hydrogen-bond acceptors (Lipinski definition) is 4. The maximum absolute atomic E-state index is 13.1. The summed E-state index contributed by atoms with van der Waals surface area (Å²) in [6.45, 7) is 1.96. The van der Waals surface area contributed by atoms with Gasteiger partial charge in [-0.3, -0.25) is 14.2 Å². The molecule has 0 N–H and O–H groups in total. The second kappa shape index (κ2) is 7.21. The van der Waals surface area contributed by atoms with Crippen LogP contribution in [0.1, 0.15) is 15.2 Å². The summed E-state index contributed by atoms with van der Waals surface area (Å²) < 4.78 is 2.37. The number of benzene rings is 2. The van der Waals surface area contributed by atoms with Crippen LogP contribution in [0.5, 0.6) is 0 Å². The van der Waals surface area contributed by atoms with Gasteiger partial charge in [-0.25, -0.2) is 4.98 Å². The van der Waals surface area contributed by atoms with E-state index in [0.29, 0.717) is 15.8 Å². The summed E-state index contributed by atoms with van der Waals surface area (Å²) in [6.07, 6.45) is 1.47. The van der Waals surface area contributed by atoms with Crippen molar-refractivity contribution in [3.8, 4) is 11.1 Å². The minimum absolute atomic E-state index is 0.0273. The molecule has 0 aliphatic rings. The van der Waals surface area contributed by atoms with Crippen molar-refractivity contribution in [2.45, 2.75) is 13.5 Å². The SMILES string of the molecule is Cc1sc2ncn(CC(=O)c3ccccc3)c(=O)c2c1-c1ccc(Br)cc1. The molecule has 4 aromatic rings. The van der Waals surface area contributed by atoms with E-state index < -0.39 is 0 Å². The summed E-state index contributed by atoms with van der Waals surface area (Å²) in [7, 11) is 0. The van der Waals surface area contributed by atoms with Gasteiger partial charge in [0.2, 0.25) is 0 Å². The standard InChI is InChI=1S/C21H15BrN2O2S/c1-13-18(15-7-9-16(22)10-8-15)19-20(27-13)23-12-24(21(19)26)11-17(25)14-5-3-2-4-6-14/h2-10,12H,11H2,1H3. The Kier molecular flexibility index (Phi) is 4.76. The predicted octanol–water partition coefficient (Wildman–Crippen LogP) is 5.08. The zero-order valence-electron chi connectivity index (χ0n) is 14.5. The van der Waals surface area contributed by atoms with E-state index in [4.69, 9.17) is 0 Å². The second-order valence-electron chi connectivity index (χ2n) is 6.19. The molecule has 0 spiro atoms. The van der Waals surface area contributed by atoms with Gasteiger partial charge >= 0.3 is 0 Å². The molecule has 0 unspecified atom stereocenters. The first kappa shape index (κ1) is 17.8. The summed E-state index contributed by atoms with van der Waals surface area (Å²) in [5.74, 6) is -0.115. The summed E-state index contributed by atoms with van der Waals surface area (Å²) in [5, 5.41) is 0.572. The molecule has 0 atom stereocenters. The molecular weight excluding hydrogens is 424 g/mol. The third-order valence-electron chi connectivity index (χ3n) is 4.40. The molecule has 0 amide bonds. The van der Waals surface area contributed by atoms with Crippen molar-refractivity contribution in [2.24, 2.45) is 0 Å². The number of aromatic nitrogens is 2. The quantitative estimate of drug-likeness (QED) is 0.417. The molecule has 0 bridgehead atoms. The molecule has 0 aliphatic carbocycles. The molecule has 27 heavy (non-hydrogen) atoms. The fourth-order valence-corrected chi connectivity index (χ4v) is 4.35. The van der Waals surface area contributed by atoms with E-state index in [0.717, 1.165) is 20.5 Å². The van der Waals surface area contributed by atoms with Crippen molar-refractivity contribution in [1.82, 2.24) is 9.55 Å². The highest BCUT2D eigenvalue weighted by molar-refractivity contribution is 9.10. The normalized spacial score (nSPS) is 11.0. The fraction of sp³-hybridized carbons (Fsp3) is 0.0952. The lowest BCUT2D eigenvalue weighted by atomic mass is 10.0. The van der Waals surface area contributed by atoms with Crippen molar-refractivity contribution in [3.63, 3.8) is 0 Å². The zero-order chi connectivity index (χ0) is 19.0. The summed E-state index contributed by atoms with van der Waals surface area (Å²) in [4.78, 5) is 31.8. The lowest BCUT2D eigenvalue weighted by molar-refractivity contribution is 0.0970.